The summed E-state index contributed by atoms with van der Waals surface area (Å²) in [6, 6.07) is 22.4. The van der Waals surface area contributed by atoms with Gasteiger partial charge in [-0.05, 0) is 73.7 Å². The molecule has 3 aromatic carbocycles. The van der Waals surface area contributed by atoms with Crippen molar-refractivity contribution in [3.05, 3.63) is 82.8 Å². The number of para-hydroxylation sites is 1. The molecular formula is C22H19Cl2N3OS2. The molecule has 0 aliphatic carbocycles. The molecule has 0 saturated carbocycles. The molecule has 154 valence electrons. The van der Waals surface area contributed by atoms with E-state index in [1.165, 1.54) is 11.8 Å². The van der Waals surface area contributed by atoms with E-state index in [1.807, 2.05) is 61.5 Å². The van der Waals surface area contributed by atoms with Crippen molar-refractivity contribution >= 4 is 75.3 Å². The molecule has 1 amide bonds. The van der Waals surface area contributed by atoms with Crippen LogP contribution in [0, 0.1) is 0 Å². The Morgan fingerprint density at radius 2 is 1.40 bits per heavy atom. The number of hydrogen-bond donors (Lipinski definition) is 3. The second-order valence-corrected chi connectivity index (χ2v) is 9.07. The standard InChI is InChI=1S/C22H19Cl2N3OS2/c1-14(21(28)25-19-12-15(23)11-16(24)13-19)30-20-9-7-18(8-10-20)27-22(29)26-17-5-3-2-4-6-17/h2-14H,1H3,(H,25,28)(H2,26,27,29). The SMILES string of the molecule is CC(Sc1ccc(NC(=S)Nc2ccccc2)cc1)C(=O)Nc1cc(Cl)cc(Cl)c1. The third-order valence-corrected chi connectivity index (χ3v) is 5.71. The first-order valence-corrected chi connectivity index (χ1v) is 11.1. The lowest BCUT2D eigenvalue weighted by molar-refractivity contribution is -0.115. The van der Waals surface area contributed by atoms with Crippen molar-refractivity contribution in [1.29, 1.82) is 0 Å². The average molecular weight is 476 g/mol. The molecule has 1 unspecified atom stereocenters. The normalized spacial score (nSPS) is 11.4. The molecule has 1 atom stereocenters. The van der Waals surface area contributed by atoms with Gasteiger partial charge in [0.05, 0.1) is 5.25 Å². The number of thiocarbonyl (C=S) groups is 1. The second kappa shape index (κ2) is 10.7. The van der Waals surface area contributed by atoms with Crippen LogP contribution < -0.4 is 16.0 Å². The van der Waals surface area contributed by atoms with Gasteiger partial charge < -0.3 is 16.0 Å². The number of amides is 1. The molecule has 0 aliphatic rings. The van der Waals surface area contributed by atoms with Gasteiger partial charge in [-0.25, -0.2) is 0 Å². The van der Waals surface area contributed by atoms with E-state index < -0.39 is 0 Å². The number of hydrogen-bond acceptors (Lipinski definition) is 3. The Morgan fingerprint density at radius 1 is 0.833 bits per heavy atom. The Balaban J connectivity index is 1.53. The van der Waals surface area contributed by atoms with Gasteiger partial charge in [-0.15, -0.1) is 11.8 Å². The monoisotopic (exact) mass is 475 g/mol. The minimum atomic E-state index is -0.303. The molecule has 0 bridgehead atoms. The third kappa shape index (κ3) is 6.92. The quantitative estimate of drug-likeness (QED) is 0.266. The molecule has 4 nitrogen and oxygen atoms in total. The molecule has 0 saturated heterocycles. The summed E-state index contributed by atoms with van der Waals surface area (Å²) in [7, 11) is 0. The van der Waals surface area contributed by atoms with E-state index in [0.717, 1.165) is 16.3 Å². The van der Waals surface area contributed by atoms with Crippen LogP contribution in [0.2, 0.25) is 10.0 Å². The van der Waals surface area contributed by atoms with Crippen LogP contribution in [-0.4, -0.2) is 16.3 Å². The number of carbonyl (C=O) groups is 1. The largest absolute Gasteiger partial charge is 0.332 e. The number of benzene rings is 3. The first kappa shape index (κ1) is 22.4. The van der Waals surface area contributed by atoms with E-state index in [2.05, 4.69) is 16.0 Å². The summed E-state index contributed by atoms with van der Waals surface area (Å²) in [5, 5.41) is 10.3. The maximum Gasteiger partial charge on any atom is 0.237 e. The maximum absolute atomic E-state index is 12.5. The van der Waals surface area contributed by atoms with Gasteiger partial charge in [0.1, 0.15) is 0 Å². The van der Waals surface area contributed by atoms with E-state index >= 15 is 0 Å². The Morgan fingerprint density at radius 3 is 2.00 bits per heavy atom. The van der Waals surface area contributed by atoms with Crippen molar-refractivity contribution in [1.82, 2.24) is 0 Å². The first-order valence-electron chi connectivity index (χ1n) is 9.06. The van der Waals surface area contributed by atoms with Gasteiger partial charge >= 0.3 is 0 Å². The van der Waals surface area contributed by atoms with Gasteiger partial charge in [0.15, 0.2) is 5.11 Å². The Hall–Kier alpha value is -2.25. The lowest BCUT2D eigenvalue weighted by atomic mass is 10.3. The summed E-state index contributed by atoms with van der Waals surface area (Å²) in [6.07, 6.45) is 0. The minimum absolute atomic E-state index is 0.131. The Bertz CT molecular complexity index is 1010. The van der Waals surface area contributed by atoms with Crippen molar-refractivity contribution in [2.24, 2.45) is 0 Å². The number of anilines is 3. The van der Waals surface area contributed by atoms with Gasteiger partial charge in [0.2, 0.25) is 5.91 Å². The highest BCUT2D eigenvalue weighted by Crippen LogP contribution is 2.27. The predicted molar refractivity (Wildman–Crippen MR) is 133 cm³/mol. The molecule has 0 spiro atoms. The molecule has 0 fully saturated rings. The van der Waals surface area contributed by atoms with Gasteiger partial charge in [-0.1, -0.05) is 41.4 Å². The third-order valence-electron chi connectivity index (χ3n) is 3.96. The molecule has 0 heterocycles. The number of halogens is 2. The zero-order chi connectivity index (χ0) is 21.5. The van der Waals surface area contributed by atoms with Gasteiger partial charge in [-0.3, -0.25) is 4.79 Å². The highest BCUT2D eigenvalue weighted by Gasteiger charge is 2.15. The van der Waals surface area contributed by atoms with Crippen LogP contribution in [0.4, 0.5) is 17.1 Å². The van der Waals surface area contributed by atoms with Crippen LogP contribution in [0.1, 0.15) is 6.92 Å². The van der Waals surface area contributed by atoms with E-state index in [-0.39, 0.29) is 11.2 Å². The van der Waals surface area contributed by atoms with Crippen molar-refractivity contribution in [3.8, 4) is 0 Å². The molecule has 0 radical (unpaired) electrons. The van der Waals surface area contributed by atoms with E-state index in [9.17, 15) is 4.79 Å². The molecule has 3 aromatic rings. The summed E-state index contributed by atoms with van der Waals surface area (Å²) < 4.78 is 0. The molecule has 3 rings (SSSR count). The van der Waals surface area contributed by atoms with Crippen LogP contribution >= 0.6 is 47.2 Å². The van der Waals surface area contributed by atoms with E-state index in [0.29, 0.717) is 20.8 Å². The van der Waals surface area contributed by atoms with Gasteiger partial charge in [0, 0.05) is 32.0 Å². The van der Waals surface area contributed by atoms with Crippen molar-refractivity contribution < 1.29 is 4.79 Å². The molecule has 0 aliphatic heterocycles. The zero-order valence-electron chi connectivity index (χ0n) is 16.0. The number of thioether (sulfide) groups is 1. The molecule has 3 N–H and O–H groups in total. The van der Waals surface area contributed by atoms with E-state index in [1.54, 1.807) is 18.2 Å². The zero-order valence-corrected chi connectivity index (χ0v) is 19.1. The summed E-state index contributed by atoms with van der Waals surface area (Å²) in [6.45, 7) is 1.84. The van der Waals surface area contributed by atoms with Crippen molar-refractivity contribution in [3.63, 3.8) is 0 Å². The summed E-state index contributed by atoms with van der Waals surface area (Å²) in [4.78, 5) is 13.4. The first-order chi connectivity index (χ1) is 14.4. The predicted octanol–water partition coefficient (Wildman–Crippen LogP) is 6.92. The molecule has 30 heavy (non-hydrogen) atoms. The summed E-state index contributed by atoms with van der Waals surface area (Å²) in [5.41, 5.74) is 2.35. The number of rotatable bonds is 6. The van der Waals surface area contributed by atoms with Gasteiger partial charge in [0.25, 0.3) is 0 Å². The Kier molecular flexibility index (Phi) is 7.99. The van der Waals surface area contributed by atoms with Crippen LogP contribution in [0.25, 0.3) is 0 Å². The van der Waals surface area contributed by atoms with Crippen molar-refractivity contribution in [2.75, 3.05) is 16.0 Å². The van der Waals surface area contributed by atoms with Gasteiger partial charge in [-0.2, -0.15) is 0 Å². The maximum atomic E-state index is 12.5. The fourth-order valence-corrected chi connectivity index (χ4v) is 4.19. The highest BCUT2D eigenvalue weighted by atomic mass is 35.5. The van der Waals surface area contributed by atoms with Crippen molar-refractivity contribution in [2.45, 2.75) is 17.1 Å². The lowest BCUT2D eigenvalue weighted by Crippen LogP contribution is -2.22. The van der Waals surface area contributed by atoms with Crippen LogP contribution in [0.5, 0.6) is 0 Å². The van der Waals surface area contributed by atoms with Crippen LogP contribution in [-0.2, 0) is 4.79 Å². The minimum Gasteiger partial charge on any atom is -0.332 e. The fourth-order valence-electron chi connectivity index (χ4n) is 2.56. The molecule has 8 heteroatoms. The number of nitrogens with one attached hydrogen (secondary N) is 3. The number of carbonyl (C=O) groups excluding carboxylic acids is 1. The summed E-state index contributed by atoms with van der Waals surface area (Å²) >= 11 is 18.7. The average Bonchev–Trinajstić information content (AvgIpc) is 2.69. The van der Waals surface area contributed by atoms with Crippen LogP contribution in [0.3, 0.4) is 0 Å². The highest BCUT2D eigenvalue weighted by molar-refractivity contribution is 8.00. The molecular weight excluding hydrogens is 457 g/mol. The smallest absolute Gasteiger partial charge is 0.237 e. The fraction of sp³-hybridized carbons (Fsp3) is 0.0909. The summed E-state index contributed by atoms with van der Waals surface area (Å²) in [5.74, 6) is -0.131. The topological polar surface area (TPSA) is 53.2 Å². The lowest BCUT2D eigenvalue weighted by Gasteiger charge is -2.14. The second-order valence-electron chi connectivity index (χ2n) is 6.38. The van der Waals surface area contributed by atoms with Crippen LogP contribution in [0.15, 0.2) is 77.7 Å². The molecule has 0 aromatic heterocycles. The Labute approximate surface area is 195 Å². The van der Waals surface area contributed by atoms with E-state index in [4.69, 9.17) is 35.4 Å².